The Bertz CT molecular complexity index is 581. The van der Waals surface area contributed by atoms with Crippen LogP contribution < -0.4 is 10.6 Å². The molecular formula is C15H18N2O3. The van der Waals surface area contributed by atoms with Gasteiger partial charge in [-0.2, -0.15) is 0 Å². The van der Waals surface area contributed by atoms with Gasteiger partial charge in [-0.15, -0.1) is 0 Å². The minimum absolute atomic E-state index is 0.143. The number of amides is 2. The number of methoxy groups -OCH3 is 1. The first kappa shape index (κ1) is 14.3. The molecule has 3 N–H and O–H groups in total. The van der Waals surface area contributed by atoms with E-state index in [-0.39, 0.29) is 19.2 Å². The van der Waals surface area contributed by atoms with Gasteiger partial charge in [-0.25, -0.2) is 4.79 Å². The number of carbonyl (C=O) groups excluding carboxylic acids is 1. The van der Waals surface area contributed by atoms with Crippen LogP contribution in [0.5, 0.6) is 0 Å². The fourth-order valence-electron chi connectivity index (χ4n) is 1.96. The maximum absolute atomic E-state index is 11.8. The van der Waals surface area contributed by atoms with Gasteiger partial charge in [0.15, 0.2) is 0 Å². The number of hydrogen-bond donors (Lipinski definition) is 3. The maximum Gasteiger partial charge on any atom is 0.319 e. The van der Waals surface area contributed by atoms with Crippen molar-refractivity contribution < 1.29 is 14.6 Å². The number of rotatable bonds is 5. The van der Waals surface area contributed by atoms with Crippen molar-refractivity contribution in [2.24, 2.45) is 0 Å². The van der Waals surface area contributed by atoms with Crippen LogP contribution >= 0.6 is 0 Å². The van der Waals surface area contributed by atoms with Gasteiger partial charge in [0.1, 0.15) is 0 Å². The van der Waals surface area contributed by atoms with Crippen molar-refractivity contribution >= 4 is 22.5 Å². The van der Waals surface area contributed by atoms with E-state index >= 15 is 0 Å². The van der Waals surface area contributed by atoms with E-state index < -0.39 is 6.10 Å². The van der Waals surface area contributed by atoms with Crippen LogP contribution in [-0.4, -0.2) is 37.5 Å². The van der Waals surface area contributed by atoms with Crippen LogP contribution in [0.15, 0.2) is 42.5 Å². The number of fused-ring (bicyclic) bond motifs is 1. The largest absolute Gasteiger partial charge is 0.389 e. The number of aliphatic hydroxyl groups excluding tert-OH is 1. The van der Waals surface area contributed by atoms with Gasteiger partial charge in [0.25, 0.3) is 0 Å². The predicted molar refractivity (Wildman–Crippen MR) is 78.9 cm³/mol. The van der Waals surface area contributed by atoms with Gasteiger partial charge in [0.05, 0.1) is 18.4 Å². The molecule has 0 aliphatic heterocycles. The molecule has 2 rings (SSSR count). The molecule has 0 saturated heterocycles. The zero-order valence-corrected chi connectivity index (χ0v) is 11.3. The van der Waals surface area contributed by atoms with Gasteiger partial charge in [-0.1, -0.05) is 36.4 Å². The average molecular weight is 274 g/mol. The fraction of sp³-hybridized carbons (Fsp3) is 0.267. The molecule has 0 saturated carbocycles. The van der Waals surface area contributed by atoms with Crippen LogP contribution in [0.1, 0.15) is 0 Å². The van der Waals surface area contributed by atoms with Crippen molar-refractivity contribution in [1.29, 1.82) is 0 Å². The van der Waals surface area contributed by atoms with Crippen LogP contribution in [-0.2, 0) is 4.74 Å². The van der Waals surface area contributed by atoms with E-state index in [4.69, 9.17) is 4.74 Å². The minimum Gasteiger partial charge on any atom is -0.389 e. The zero-order valence-electron chi connectivity index (χ0n) is 11.3. The highest BCUT2D eigenvalue weighted by molar-refractivity contribution is 6.01. The number of nitrogens with one attached hydrogen (secondary N) is 2. The quantitative estimate of drug-likeness (QED) is 0.780. The molecule has 0 heterocycles. The molecular weight excluding hydrogens is 256 g/mol. The van der Waals surface area contributed by atoms with E-state index in [1.165, 1.54) is 7.11 Å². The summed E-state index contributed by atoms with van der Waals surface area (Å²) in [6, 6.07) is 13.2. The van der Waals surface area contributed by atoms with Crippen LogP contribution in [0.2, 0.25) is 0 Å². The maximum atomic E-state index is 11.8. The van der Waals surface area contributed by atoms with Gasteiger partial charge >= 0.3 is 6.03 Å². The lowest BCUT2D eigenvalue weighted by atomic mass is 10.1. The molecule has 5 heteroatoms. The van der Waals surface area contributed by atoms with Gasteiger partial charge in [-0.05, 0) is 11.5 Å². The van der Waals surface area contributed by atoms with Crippen LogP contribution in [0, 0.1) is 0 Å². The van der Waals surface area contributed by atoms with Crippen molar-refractivity contribution in [2.75, 3.05) is 25.6 Å². The molecule has 0 aliphatic carbocycles. The standard InChI is InChI=1S/C15H18N2O3/c1-20-10-12(18)9-16-15(19)17-14-8-4-6-11-5-2-3-7-13(11)14/h2-8,12,18H,9-10H2,1H3,(H2,16,17,19). The third-order valence-electron chi connectivity index (χ3n) is 2.90. The molecule has 2 aromatic rings. The van der Waals surface area contributed by atoms with Crippen molar-refractivity contribution in [3.8, 4) is 0 Å². The molecule has 0 bridgehead atoms. The van der Waals surface area contributed by atoms with Gasteiger partial charge in [0.2, 0.25) is 0 Å². The summed E-state index contributed by atoms with van der Waals surface area (Å²) in [6.07, 6.45) is -0.710. The topological polar surface area (TPSA) is 70.6 Å². The van der Waals surface area contributed by atoms with Crippen molar-refractivity contribution in [2.45, 2.75) is 6.10 Å². The molecule has 1 unspecified atom stereocenters. The second kappa shape index (κ2) is 6.88. The lowest BCUT2D eigenvalue weighted by Gasteiger charge is -2.12. The Kier molecular flexibility index (Phi) is 4.92. The smallest absolute Gasteiger partial charge is 0.319 e. The first-order valence-corrected chi connectivity index (χ1v) is 6.40. The number of urea groups is 1. The number of carbonyl (C=O) groups is 1. The number of aliphatic hydroxyl groups is 1. The third-order valence-corrected chi connectivity index (χ3v) is 2.90. The number of anilines is 1. The van der Waals surface area contributed by atoms with Gasteiger partial charge < -0.3 is 20.5 Å². The molecule has 1 atom stereocenters. The second-order valence-electron chi connectivity index (χ2n) is 4.47. The Morgan fingerprint density at radius 2 is 2.00 bits per heavy atom. The molecule has 5 nitrogen and oxygen atoms in total. The van der Waals surface area contributed by atoms with E-state index in [1.54, 1.807) is 0 Å². The monoisotopic (exact) mass is 274 g/mol. The Morgan fingerprint density at radius 1 is 1.25 bits per heavy atom. The SMILES string of the molecule is COCC(O)CNC(=O)Nc1cccc2ccccc12. The lowest BCUT2D eigenvalue weighted by molar-refractivity contribution is 0.0663. The van der Waals surface area contributed by atoms with E-state index in [0.29, 0.717) is 0 Å². The van der Waals surface area contributed by atoms with Crippen LogP contribution in [0.3, 0.4) is 0 Å². The van der Waals surface area contributed by atoms with E-state index in [2.05, 4.69) is 10.6 Å². The highest BCUT2D eigenvalue weighted by Gasteiger charge is 2.08. The molecule has 0 aromatic heterocycles. The molecule has 2 aromatic carbocycles. The van der Waals surface area contributed by atoms with E-state index in [0.717, 1.165) is 16.5 Å². The van der Waals surface area contributed by atoms with Crippen molar-refractivity contribution in [3.63, 3.8) is 0 Å². The Hall–Kier alpha value is -2.11. The molecule has 20 heavy (non-hydrogen) atoms. The first-order valence-electron chi connectivity index (χ1n) is 6.40. The summed E-state index contributed by atoms with van der Waals surface area (Å²) in [7, 11) is 1.50. The average Bonchev–Trinajstić information content (AvgIpc) is 2.46. The molecule has 0 spiro atoms. The lowest BCUT2D eigenvalue weighted by Crippen LogP contribution is -2.37. The van der Waals surface area contributed by atoms with Gasteiger partial charge in [-0.3, -0.25) is 0 Å². The highest BCUT2D eigenvalue weighted by Crippen LogP contribution is 2.22. The minimum atomic E-state index is -0.710. The first-order chi connectivity index (χ1) is 9.70. The summed E-state index contributed by atoms with van der Waals surface area (Å²) < 4.78 is 4.79. The second-order valence-corrected chi connectivity index (χ2v) is 4.47. The van der Waals surface area contributed by atoms with Crippen molar-refractivity contribution in [3.05, 3.63) is 42.5 Å². The Labute approximate surface area is 117 Å². The summed E-state index contributed by atoms with van der Waals surface area (Å²) in [5.41, 5.74) is 0.738. The molecule has 106 valence electrons. The Morgan fingerprint density at radius 3 is 2.80 bits per heavy atom. The molecule has 0 radical (unpaired) electrons. The van der Waals surface area contributed by atoms with E-state index in [1.807, 2.05) is 42.5 Å². The van der Waals surface area contributed by atoms with Crippen LogP contribution in [0.4, 0.5) is 10.5 Å². The summed E-state index contributed by atoms with van der Waals surface area (Å²) in [5.74, 6) is 0. The number of hydrogen-bond acceptors (Lipinski definition) is 3. The summed E-state index contributed by atoms with van der Waals surface area (Å²) in [5, 5.41) is 16.9. The number of ether oxygens (including phenoxy) is 1. The highest BCUT2D eigenvalue weighted by atomic mass is 16.5. The molecule has 0 fully saturated rings. The molecule has 0 aliphatic rings. The summed E-state index contributed by atoms with van der Waals surface area (Å²) >= 11 is 0. The van der Waals surface area contributed by atoms with E-state index in [9.17, 15) is 9.90 Å². The molecule has 2 amide bonds. The summed E-state index contributed by atoms with van der Waals surface area (Å²) in [4.78, 5) is 11.8. The summed E-state index contributed by atoms with van der Waals surface area (Å²) in [6.45, 7) is 0.332. The van der Waals surface area contributed by atoms with Crippen molar-refractivity contribution in [1.82, 2.24) is 5.32 Å². The third kappa shape index (κ3) is 3.69. The normalized spacial score (nSPS) is 12.1. The fourth-order valence-corrected chi connectivity index (χ4v) is 1.96. The number of benzene rings is 2. The van der Waals surface area contributed by atoms with Crippen LogP contribution in [0.25, 0.3) is 10.8 Å². The van der Waals surface area contributed by atoms with Gasteiger partial charge in [0, 0.05) is 19.0 Å². The Balaban J connectivity index is 1.99. The predicted octanol–water partition coefficient (Wildman–Crippen LogP) is 1.97. The zero-order chi connectivity index (χ0) is 14.4.